The van der Waals surface area contributed by atoms with E-state index in [4.69, 9.17) is 11.6 Å². The molecule has 2 amide bonds. The van der Waals surface area contributed by atoms with Gasteiger partial charge in [0.05, 0.1) is 0 Å². The van der Waals surface area contributed by atoms with Gasteiger partial charge in [-0.25, -0.2) is 4.39 Å². The lowest BCUT2D eigenvalue weighted by atomic mass is 10.1. The first-order valence-electron chi connectivity index (χ1n) is 8.60. The second kappa shape index (κ2) is 8.32. The van der Waals surface area contributed by atoms with Crippen LogP contribution in [0.25, 0.3) is 0 Å². The van der Waals surface area contributed by atoms with Gasteiger partial charge in [-0.3, -0.25) is 9.59 Å². The molecule has 4 nitrogen and oxygen atoms in total. The van der Waals surface area contributed by atoms with Gasteiger partial charge in [-0.15, -0.1) is 0 Å². The largest absolute Gasteiger partial charge is 0.339 e. The van der Waals surface area contributed by atoms with Crippen LogP contribution < -0.4 is 0 Å². The lowest BCUT2D eigenvalue weighted by molar-refractivity contribution is -0.132. The highest BCUT2D eigenvalue weighted by molar-refractivity contribution is 6.30. The first-order chi connectivity index (χ1) is 12.5. The molecule has 0 radical (unpaired) electrons. The molecule has 6 heteroatoms. The normalized spacial score (nSPS) is 14.4. The Morgan fingerprint density at radius 1 is 0.962 bits per heavy atom. The topological polar surface area (TPSA) is 40.6 Å². The summed E-state index contributed by atoms with van der Waals surface area (Å²) in [5, 5.41) is 0.530. The van der Waals surface area contributed by atoms with Gasteiger partial charge in [0.15, 0.2) is 0 Å². The van der Waals surface area contributed by atoms with Gasteiger partial charge in [0, 0.05) is 43.2 Å². The lowest BCUT2D eigenvalue weighted by Gasteiger charge is -2.35. The van der Waals surface area contributed by atoms with Gasteiger partial charge in [-0.05, 0) is 42.3 Å². The monoisotopic (exact) mass is 374 g/mol. The van der Waals surface area contributed by atoms with E-state index in [0.717, 1.165) is 5.56 Å². The average molecular weight is 375 g/mol. The third kappa shape index (κ3) is 4.61. The van der Waals surface area contributed by atoms with Crippen molar-refractivity contribution in [2.24, 2.45) is 0 Å². The summed E-state index contributed by atoms with van der Waals surface area (Å²) in [6, 6.07) is 13.2. The fourth-order valence-corrected chi connectivity index (χ4v) is 3.26. The second-order valence-electron chi connectivity index (χ2n) is 6.31. The molecule has 0 atom stereocenters. The van der Waals surface area contributed by atoms with Crippen LogP contribution in [0.3, 0.4) is 0 Å². The van der Waals surface area contributed by atoms with Crippen LogP contribution in [0.5, 0.6) is 0 Å². The highest BCUT2D eigenvalue weighted by Gasteiger charge is 2.24. The van der Waals surface area contributed by atoms with Crippen molar-refractivity contribution in [2.45, 2.75) is 12.8 Å². The van der Waals surface area contributed by atoms with Crippen LogP contribution in [0.2, 0.25) is 5.02 Å². The molecule has 0 saturated carbocycles. The number of carbonyl (C=O) groups excluding carboxylic acids is 2. The van der Waals surface area contributed by atoms with Crippen LogP contribution in [-0.4, -0.2) is 47.8 Å². The van der Waals surface area contributed by atoms with Crippen molar-refractivity contribution < 1.29 is 14.0 Å². The third-order valence-corrected chi connectivity index (χ3v) is 4.74. The molecule has 0 N–H and O–H groups in total. The minimum absolute atomic E-state index is 0.0316. The Kier molecular flexibility index (Phi) is 5.89. The SMILES string of the molecule is O=C(CCc1cccc(F)c1)N1CCN(C(=O)c2cccc(Cl)c2)CC1. The Morgan fingerprint density at radius 2 is 1.65 bits per heavy atom. The van der Waals surface area contributed by atoms with Crippen molar-refractivity contribution in [1.82, 2.24) is 9.80 Å². The highest BCUT2D eigenvalue weighted by atomic mass is 35.5. The summed E-state index contributed by atoms with van der Waals surface area (Å²) in [7, 11) is 0. The van der Waals surface area contributed by atoms with E-state index in [1.54, 1.807) is 40.1 Å². The average Bonchev–Trinajstić information content (AvgIpc) is 2.66. The first kappa shape index (κ1) is 18.4. The molecule has 1 aliphatic heterocycles. The molecule has 0 spiro atoms. The zero-order valence-corrected chi connectivity index (χ0v) is 15.1. The smallest absolute Gasteiger partial charge is 0.254 e. The molecule has 1 heterocycles. The van der Waals surface area contributed by atoms with Crippen LogP contribution in [-0.2, 0) is 11.2 Å². The van der Waals surface area contributed by atoms with E-state index in [2.05, 4.69) is 0 Å². The molecule has 3 rings (SSSR count). The van der Waals surface area contributed by atoms with Crippen molar-refractivity contribution in [3.8, 4) is 0 Å². The number of hydrogen-bond donors (Lipinski definition) is 0. The fraction of sp³-hybridized carbons (Fsp3) is 0.300. The molecular formula is C20H20ClFN2O2. The number of halogens is 2. The number of aryl methyl sites for hydroxylation is 1. The van der Waals surface area contributed by atoms with E-state index in [1.165, 1.54) is 12.1 Å². The molecular weight excluding hydrogens is 355 g/mol. The first-order valence-corrected chi connectivity index (χ1v) is 8.98. The quantitative estimate of drug-likeness (QED) is 0.823. The number of nitrogens with zero attached hydrogens (tertiary/aromatic N) is 2. The van der Waals surface area contributed by atoms with E-state index in [1.807, 2.05) is 6.07 Å². The summed E-state index contributed by atoms with van der Waals surface area (Å²) in [6.45, 7) is 2.01. The number of carbonyl (C=O) groups is 2. The van der Waals surface area contributed by atoms with Crippen molar-refractivity contribution in [3.05, 3.63) is 70.5 Å². The number of amides is 2. The Balaban J connectivity index is 1.50. The van der Waals surface area contributed by atoms with Gasteiger partial charge in [0.2, 0.25) is 5.91 Å². The number of benzene rings is 2. The molecule has 2 aromatic rings. The Morgan fingerprint density at radius 3 is 2.35 bits per heavy atom. The van der Waals surface area contributed by atoms with E-state index in [0.29, 0.717) is 49.6 Å². The molecule has 1 fully saturated rings. The van der Waals surface area contributed by atoms with Gasteiger partial charge in [-0.2, -0.15) is 0 Å². The van der Waals surface area contributed by atoms with Gasteiger partial charge < -0.3 is 9.80 Å². The number of piperazine rings is 1. The third-order valence-electron chi connectivity index (χ3n) is 4.51. The zero-order valence-electron chi connectivity index (χ0n) is 14.3. The summed E-state index contributed by atoms with van der Waals surface area (Å²) in [5.74, 6) is -0.327. The predicted octanol–water partition coefficient (Wildman–Crippen LogP) is 3.40. The van der Waals surface area contributed by atoms with Crippen molar-refractivity contribution in [2.75, 3.05) is 26.2 Å². The van der Waals surface area contributed by atoms with E-state index in [9.17, 15) is 14.0 Å². The summed E-state index contributed by atoms with van der Waals surface area (Å²) >= 11 is 5.94. The summed E-state index contributed by atoms with van der Waals surface area (Å²) in [5.41, 5.74) is 1.37. The van der Waals surface area contributed by atoms with E-state index < -0.39 is 0 Å². The summed E-state index contributed by atoms with van der Waals surface area (Å²) < 4.78 is 13.2. The van der Waals surface area contributed by atoms with Crippen molar-refractivity contribution in [1.29, 1.82) is 0 Å². The minimum Gasteiger partial charge on any atom is -0.339 e. The van der Waals surface area contributed by atoms with Gasteiger partial charge in [0.25, 0.3) is 5.91 Å². The Labute approximate surface area is 157 Å². The minimum atomic E-state index is -0.289. The molecule has 0 aromatic heterocycles. The van der Waals surface area contributed by atoms with Gasteiger partial charge in [-0.1, -0.05) is 29.8 Å². The van der Waals surface area contributed by atoms with E-state index in [-0.39, 0.29) is 17.6 Å². The van der Waals surface area contributed by atoms with E-state index >= 15 is 0 Å². The number of rotatable bonds is 4. The van der Waals surface area contributed by atoms with Crippen LogP contribution in [0.1, 0.15) is 22.3 Å². The summed E-state index contributed by atoms with van der Waals surface area (Å²) in [6.07, 6.45) is 0.851. The Hall–Kier alpha value is -2.40. The van der Waals surface area contributed by atoms with Gasteiger partial charge >= 0.3 is 0 Å². The van der Waals surface area contributed by atoms with Crippen molar-refractivity contribution in [3.63, 3.8) is 0 Å². The lowest BCUT2D eigenvalue weighted by Crippen LogP contribution is -2.50. The summed E-state index contributed by atoms with van der Waals surface area (Å²) in [4.78, 5) is 28.4. The maximum absolute atomic E-state index is 13.2. The molecule has 26 heavy (non-hydrogen) atoms. The molecule has 0 bridgehead atoms. The predicted molar refractivity (Wildman–Crippen MR) is 98.7 cm³/mol. The van der Waals surface area contributed by atoms with Crippen LogP contribution in [0.15, 0.2) is 48.5 Å². The molecule has 0 aliphatic carbocycles. The molecule has 1 aliphatic rings. The molecule has 136 valence electrons. The fourth-order valence-electron chi connectivity index (χ4n) is 3.06. The molecule has 0 unspecified atom stereocenters. The van der Waals surface area contributed by atoms with Crippen LogP contribution in [0.4, 0.5) is 4.39 Å². The maximum atomic E-state index is 13.2. The standard InChI is InChI=1S/C20H20ClFN2O2/c21-17-5-2-4-16(14-17)20(26)24-11-9-23(10-12-24)19(25)8-7-15-3-1-6-18(22)13-15/h1-6,13-14H,7-12H2. The van der Waals surface area contributed by atoms with Gasteiger partial charge in [0.1, 0.15) is 5.82 Å². The maximum Gasteiger partial charge on any atom is 0.254 e. The van der Waals surface area contributed by atoms with Crippen LogP contribution in [0, 0.1) is 5.82 Å². The molecule has 1 saturated heterocycles. The van der Waals surface area contributed by atoms with Crippen molar-refractivity contribution >= 4 is 23.4 Å². The molecule has 2 aromatic carbocycles. The second-order valence-corrected chi connectivity index (χ2v) is 6.75. The highest BCUT2D eigenvalue weighted by Crippen LogP contribution is 2.15. The van der Waals surface area contributed by atoms with Crippen LogP contribution >= 0.6 is 11.6 Å². The zero-order chi connectivity index (χ0) is 18.5. The number of hydrogen-bond acceptors (Lipinski definition) is 2. The Bertz CT molecular complexity index is 804.